The Balaban J connectivity index is 1.43. The minimum absolute atomic E-state index is 0.0964. The SMILES string of the molecule is CCCc1ccc(CCc2ccc3c(F)c(C#Cc4ccc(OCC(F)(F)F)cc4)ccc3c2)cc1. The van der Waals surface area contributed by atoms with Crippen LogP contribution in [0.1, 0.15) is 41.2 Å². The molecule has 0 heterocycles. The highest BCUT2D eigenvalue weighted by molar-refractivity contribution is 5.85. The quantitative estimate of drug-likeness (QED) is 0.188. The van der Waals surface area contributed by atoms with Crippen molar-refractivity contribution in [1.82, 2.24) is 0 Å². The van der Waals surface area contributed by atoms with Crippen molar-refractivity contribution in [3.63, 3.8) is 0 Å². The second kappa shape index (κ2) is 11.3. The first-order valence-electron chi connectivity index (χ1n) is 11.9. The van der Waals surface area contributed by atoms with Crippen LogP contribution in [0.3, 0.4) is 0 Å². The van der Waals surface area contributed by atoms with E-state index in [0.717, 1.165) is 36.6 Å². The van der Waals surface area contributed by atoms with E-state index < -0.39 is 12.8 Å². The molecule has 0 fully saturated rings. The Bertz CT molecular complexity index is 1380. The second-order valence-corrected chi connectivity index (χ2v) is 8.73. The smallest absolute Gasteiger partial charge is 0.422 e. The third kappa shape index (κ3) is 6.88. The molecule has 0 unspecified atom stereocenters. The summed E-state index contributed by atoms with van der Waals surface area (Å²) in [5, 5.41) is 1.32. The molecule has 0 radical (unpaired) electrons. The first-order chi connectivity index (χ1) is 17.3. The van der Waals surface area contributed by atoms with Crippen molar-refractivity contribution in [3.05, 3.63) is 112 Å². The molecule has 0 aliphatic rings. The van der Waals surface area contributed by atoms with E-state index in [-0.39, 0.29) is 17.1 Å². The molecule has 4 rings (SSSR count). The summed E-state index contributed by atoms with van der Waals surface area (Å²) < 4.78 is 56.6. The molecule has 0 saturated carbocycles. The lowest BCUT2D eigenvalue weighted by atomic mass is 9.98. The number of hydrogen-bond acceptors (Lipinski definition) is 1. The van der Waals surface area contributed by atoms with Crippen molar-refractivity contribution in [2.75, 3.05) is 6.61 Å². The Morgan fingerprint density at radius 2 is 1.36 bits per heavy atom. The van der Waals surface area contributed by atoms with Gasteiger partial charge in [0.25, 0.3) is 0 Å². The largest absolute Gasteiger partial charge is 0.484 e. The first-order valence-corrected chi connectivity index (χ1v) is 11.9. The molecule has 0 bridgehead atoms. The molecule has 5 heteroatoms. The van der Waals surface area contributed by atoms with Crippen molar-refractivity contribution in [1.29, 1.82) is 0 Å². The molecule has 4 aromatic rings. The summed E-state index contributed by atoms with van der Waals surface area (Å²) in [6.07, 6.45) is -0.376. The number of benzene rings is 4. The van der Waals surface area contributed by atoms with Gasteiger partial charge in [0, 0.05) is 10.9 Å². The highest BCUT2D eigenvalue weighted by Crippen LogP contribution is 2.23. The van der Waals surface area contributed by atoms with Gasteiger partial charge >= 0.3 is 6.18 Å². The van der Waals surface area contributed by atoms with Crippen LogP contribution in [0, 0.1) is 17.7 Å². The monoisotopic (exact) mass is 490 g/mol. The Kier molecular flexibility index (Phi) is 7.95. The second-order valence-electron chi connectivity index (χ2n) is 8.73. The zero-order valence-corrected chi connectivity index (χ0v) is 20.0. The fourth-order valence-electron chi connectivity index (χ4n) is 3.98. The van der Waals surface area contributed by atoms with Crippen LogP contribution in [0.5, 0.6) is 5.75 Å². The lowest BCUT2D eigenvalue weighted by Crippen LogP contribution is -2.19. The number of rotatable bonds is 7. The summed E-state index contributed by atoms with van der Waals surface area (Å²) in [6, 6.07) is 23.9. The molecule has 4 aromatic carbocycles. The van der Waals surface area contributed by atoms with Gasteiger partial charge in [-0.05, 0) is 71.7 Å². The topological polar surface area (TPSA) is 9.23 Å². The molecule has 36 heavy (non-hydrogen) atoms. The minimum Gasteiger partial charge on any atom is -0.484 e. The van der Waals surface area contributed by atoms with Crippen LogP contribution < -0.4 is 4.74 Å². The average molecular weight is 491 g/mol. The molecule has 0 saturated heterocycles. The zero-order valence-electron chi connectivity index (χ0n) is 20.0. The highest BCUT2D eigenvalue weighted by atomic mass is 19.4. The number of aryl methyl sites for hydroxylation is 3. The van der Waals surface area contributed by atoms with E-state index in [2.05, 4.69) is 47.8 Å². The lowest BCUT2D eigenvalue weighted by Gasteiger charge is -2.08. The van der Waals surface area contributed by atoms with Gasteiger partial charge in [0.15, 0.2) is 6.61 Å². The summed E-state index contributed by atoms with van der Waals surface area (Å²) in [4.78, 5) is 0. The summed E-state index contributed by atoms with van der Waals surface area (Å²) in [7, 11) is 0. The van der Waals surface area contributed by atoms with Crippen LogP contribution >= 0.6 is 0 Å². The van der Waals surface area contributed by atoms with Gasteiger partial charge in [0.1, 0.15) is 11.6 Å². The van der Waals surface area contributed by atoms with Gasteiger partial charge in [0.05, 0.1) is 5.56 Å². The van der Waals surface area contributed by atoms with Crippen molar-refractivity contribution in [2.45, 2.75) is 38.8 Å². The fourth-order valence-corrected chi connectivity index (χ4v) is 3.98. The van der Waals surface area contributed by atoms with Crippen LogP contribution in [0.25, 0.3) is 10.8 Å². The van der Waals surface area contributed by atoms with Gasteiger partial charge in [-0.25, -0.2) is 4.39 Å². The maximum absolute atomic E-state index is 15.1. The molecule has 0 amide bonds. The fraction of sp³-hybridized carbons (Fsp3) is 0.226. The predicted octanol–water partition coefficient (Wildman–Crippen LogP) is 8.06. The molecular weight excluding hydrogens is 464 g/mol. The lowest BCUT2D eigenvalue weighted by molar-refractivity contribution is -0.153. The van der Waals surface area contributed by atoms with Crippen LogP contribution in [0.2, 0.25) is 0 Å². The predicted molar refractivity (Wildman–Crippen MR) is 136 cm³/mol. The Labute approximate surface area is 208 Å². The molecule has 0 N–H and O–H groups in total. The molecule has 0 atom stereocenters. The van der Waals surface area contributed by atoms with E-state index in [9.17, 15) is 13.2 Å². The van der Waals surface area contributed by atoms with Crippen LogP contribution in [0.4, 0.5) is 17.6 Å². The molecular formula is C31H26F4O. The van der Waals surface area contributed by atoms with Gasteiger partial charge < -0.3 is 4.74 Å². The third-order valence-electron chi connectivity index (χ3n) is 5.88. The number of halogens is 4. The van der Waals surface area contributed by atoms with E-state index >= 15 is 4.39 Å². The van der Waals surface area contributed by atoms with Gasteiger partial charge in [0.2, 0.25) is 0 Å². The molecule has 0 spiro atoms. The van der Waals surface area contributed by atoms with Gasteiger partial charge in [-0.1, -0.05) is 73.7 Å². The Morgan fingerprint density at radius 3 is 2.03 bits per heavy atom. The minimum atomic E-state index is -4.40. The van der Waals surface area contributed by atoms with E-state index in [0.29, 0.717) is 10.9 Å². The first kappa shape index (κ1) is 25.3. The number of alkyl halides is 3. The Morgan fingerprint density at radius 1 is 0.722 bits per heavy atom. The van der Waals surface area contributed by atoms with E-state index in [4.69, 9.17) is 0 Å². The zero-order chi connectivity index (χ0) is 25.5. The maximum atomic E-state index is 15.1. The normalized spacial score (nSPS) is 11.2. The standard InChI is InChI=1S/C31H26F4O/c1-2-3-22-4-6-23(7-5-22)8-9-25-13-19-29-27(20-25)16-15-26(30(29)32)14-10-24-11-17-28(18-12-24)36-21-31(33,34)35/h4-7,11-13,15-20H,2-3,8-9,21H2,1H3. The average Bonchev–Trinajstić information content (AvgIpc) is 2.87. The highest BCUT2D eigenvalue weighted by Gasteiger charge is 2.28. The van der Waals surface area contributed by atoms with Gasteiger partial charge in [-0.2, -0.15) is 13.2 Å². The van der Waals surface area contributed by atoms with E-state index in [1.165, 1.54) is 23.3 Å². The molecule has 184 valence electrons. The van der Waals surface area contributed by atoms with E-state index in [1.54, 1.807) is 24.3 Å². The maximum Gasteiger partial charge on any atom is 0.422 e. The summed E-state index contributed by atoms with van der Waals surface area (Å²) in [5.74, 6) is 5.40. The summed E-state index contributed by atoms with van der Waals surface area (Å²) in [6.45, 7) is 0.822. The van der Waals surface area contributed by atoms with Gasteiger partial charge in [-0.3, -0.25) is 0 Å². The van der Waals surface area contributed by atoms with Crippen molar-refractivity contribution < 1.29 is 22.3 Å². The summed E-state index contributed by atoms with van der Waals surface area (Å²) in [5.41, 5.74) is 4.60. The Hall–Kier alpha value is -3.78. The van der Waals surface area contributed by atoms with Gasteiger partial charge in [-0.15, -0.1) is 0 Å². The molecule has 0 aliphatic carbocycles. The van der Waals surface area contributed by atoms with E-state index in [1.807, 2.05) is 18.2 Å². The molecule has 0 aliphatic heterocycles. The van der Waals surface area contributed by atoms with Crippen LogP contribution in [-0.2, 0) is 19.3 Å². The third-order valence-corrected chi connectivity index (χ3v) is 5.88. The summed E-state index contributed by atoms with van der Waals surface area (Å²) >= 11 is 0. The molecule has 1 nitrogen and oxygen atoms in total. The van der Waals surface area contributed by atoms with Crippen LogP contribution in [0.15, 0.2) is 78.9 Å². The van der Waals surface area contributed by atoms with Crippen molar-refractivity contribution in [2.24, 2.45) is 0 Å². The number of hydrogen-bond donors (Lipinski definition) is 0. The number of ether oxygens (including phenoxy) is 1. The van der Waals surface area contributed by atoms with Crippen molar-refractivity contribution in [3.8, 4) is 17.6 Å². The molecule has 0 aromatic heterocycles. The number of fused-ring (bicyclic) bond motifs is 1. The van der Waals surface area contributed by atoms with Crippen LogP contribution in [-0.4, -0.2) is 12.8 Å². The van der Waals surface area contributed by atoms with Crippen molar-refractivity contribution >= 4 is 10.8 Å².